The van der Waals surface area contributed by atoms with Crippen molar-refractivity contribution in [3.05, 3.63) is 0 Å². The van der Waals surface area contributed by atoms with Crippen molar-refractivity contribution in [2.75, 3.05) is 13.6 Å². The number of rotatable bonds is 5. The van der Waals surface area contributed by atoms with Crippen LogP contribution in [0.25, 0.3) is 0 Å². The topological polar surface area (TPSA) is 62.0 Å². The highest BCUT2D eigenvalue weighted by atomic mass is 16.4. The Hall–Kier alpha value is -0.610. The van der Waals surface area contributed by atoms with Crippen LogP contribution in [-0.4, -0.2) is 41.9 Å². The van der Waals surface area contributed by atoms with Crippen molar-refractivity contribution >= 4 is 5.97 Å². The lowest BCUT2D eigenvalue weighted by atomic mass is 10.2. The number of aliphatic hydroxyl groups is 1. The van der Waals surface area contributed by atoms with Crippen LogP contribution in [0.2, 0.25) is 0 Å². The molecule has 0 saturated heterocycles. The number of aliphatic hydroxyl groups excluding tert-OH is 1. The normalized spacial score (nSPS) is 16.1. The molecule has 0 bridgehead atoms. The van der Waals surface area contributed by atoms with E-state index in [0.29, 0.717) is 12.6 Å². The summed E-state index contributed by atoms with van der Waals surface area (Å²) in [6, 6.07) is 0.411. The molecule has 0 aliphatic carbocycles. The van der Waals surface area contributed by atoms with Crippen LogP contribution in [0.1, 0.15) is 20.3 Å². The SMILES string of the molecule is CC(C)[NH+](C)CC(O)CC(=O)O. The van der Waals surface area contributed by atoms with Gasteiger partial charge < -0.3 is 15.1 Å². The predicted molar refractivity (Wildman–Crippen MR) is 45.1 cm³/mol. The van der Waals surface area contributed by atoms with Gasteiger partial charge in [0.2, 0.25) is 0 Å². The van der Waals surface area contributed by atoms with E-state index in [0.717, 1.165) is 4.90 Å². The van der Waals surface area contributed by atoms with Gasteiger partial charge >= 0.3 is 5.97 Å². The van der Waals surface area contributed by atoms with E-state index >= 15 is 0 Å². The molecule has 72 valence electrons. The summed E-state index contributed by atoms with van der Waals surface area (Å²) in [6.07, 6.45) is -0.894. The number of carbonyl (C=O) groups is 1. The number of hydrogen-bond acceptors (Lipinski definition) is 2. The van der Waals surface area contributed by atoms with Gasteiger partial charge in [-0.2, -0.15) is 0 Å². The number of aliphatic carboxylic acids is 1. The molecule has 0 saturated carbocycles. The first-order valence-corrected chi connectivity index (χ1v) is 4.15. The molecule has 0 amide bonds. The molecule has 0 aromatic heterocycles. The van der Waals surface area contributed by atoms with Crippen molar-refractivity contribution in [1.29, 1.82) is 0 Å². The van der Waals surface area contributed by atoms with Crippen LogP contribution in [0, 0.1) is 0 Å². The molecule has 0 radical (unpaired) electrons. The van der Waals surface area contributed by atoms with Crippen LogP contribution in [0.3, 0.4) is 0 Å². The second-order valence-corrected chi connectivity index (χ2v) is 3.46. The minimum absolute atomic E-state index is 0.163. The fraction of sp³-hybridized carbons (Fsp3) is 0.875. The number of likely N-dealkylation sites (N-methyl/N-ethyl adjacent to an activating group) is 1. The van der Waals surface area contributed by atoms with Crippen molar-refractivity contribution in [3.63, 3.8) is 0 Å². The smallest absolute Gasteiger partial charge is 0.306 e. The van der Waals surface area contributed by atoms with E-state index < -0.39 is 12.1 Å². The molecule has 0 fully saturated rings. The molecule has 4 heteroatoms. The summed E-state index contributed by atoms with van der Waals surface area (Å²) < 4.78 is 0. The lowest BCUT2D eigenvalue weighted by Gasteiger charge is -2.20. The molecule has 0 spiro atoms. The first-order valence-electron chi connectivity index (χ1n) is 4.15. The maximum absolute atomic E-state index is 10.2. The molecule has 0 aromatic carbocycles. The van der Waals surface area contributed by atoms with Gasteiger partial charge in [-0.25, -0.2) is 0 Å². The summed E-state index contributed by atoms with van der Waals surface area (Å²) in [7, 11) is 1.94. The minimum atomic E-state index is -0.945. The third kappa shape index (κ3) is 5.09. The van der Waals surface area contributed by atoms with Gasteiger partial charge in [-0.05, 0) is 13.8 Å². The maximum Gasteiger partial charge on any atom is 0.306 e. The fourth-order valence-corrected chi connectivity index (χ4v) is 0.881. The molecule has 2 unspecified atom stereocenters. The Bertz CT molecular complexity index is 147. The molecule has 0 aliphatic heterocycles. The highest BCUT2D eigenvalue weighted by Gasteiger charge is 2.16. The van der Waals surface area contributed by atoms with Gasteiger partial charge in [-0.3, -0.25) is 4.79 Å². The van der Waals surface area contributed by atoms with Crippen LogP contribution in [0.4, 0.5) is 0 Å². The number of quaternary nitrogens is 1. The summed E-state index contributed by atoms with van der Waals surface area (Å²) in [5, 5.41) is 17.6. The molecular formula is C8H18NO3+. The van der Waals surface area contributed by atoms with E-state index in [4.69, 9.17) is 5.11 Å². The highest BCUT2D eigenvalue weighted by molar-refractivity contribution is 5.67. The van der Waals surface area contributed by atoms with E-state index in [9.17, 15) is 9.90 Å². The Morgan fingerprint density at radius 2 is 2.00 bits per heavy atom. The van der Waals surface area contributed by atoms with Crippen molar-refractivity contribution in [1.82, 2.24) is 0 Å². The maximum atomic E-state index is 10.2. The first kappa shape index (κ1) is 11.4. The van der Waals surface area contributed by atoms with Gasteiger partial charge in [0.15, 0.2) is 0 Å². The molecular weight excluding hydrogens is 158 g/mol. The number of nitrogens with one attached hydrogen (secondary N) is 1. The monoisotopic (exact) mass is 176 g/mol. The van der Waals surface area contributed by atoms with Crippen LogP contribution in [0.15, 0.2) is 0 Å². The van der Waals surface area contributed by atoms with Crippen LogP contribution < -0.4 is 4.90 Å². The average molecular weight is 176 g/mol. The Labute approximate surface area is 72.8 Å². The van der Waals surface area contributed by atoms with Gasteiger partial charge in [-0.1, -0.05) is 0 Å². The van der Waals surface area contributed by atoms with E-state index in [-0.39, 0.29) is 6.42 Å². The van der Waals surface area contributed by atoms with Crippen molar-refractivity contribution < 1.29 is 19.9 Å². The predicted octanol–water partition coefficient (Wildman–Crippen LogP) is -1.25. The van der Waals surface area contributed by atoms with Crippen molar-refractivity contribution in [2.24, 2.45) is 0 Å². The van der Waals surface area contributed by atoms with Crippen molar-refractivity contribution in [2.45, 2.75) is 32.4 Å². The molecule has 0 heterocycles. The zero-order valence-corrected chi connectivity index (χ0v) is 7.87. The Balaban J connectivity index is 3.68. The quantitative estimate of drug-likeness (QED) is 0.490. The Morgan fingerprint density at radius 3 is 2.33 bits per heavy atom. The average Bonchev–Trinajstić information content (AvgIpc) is 1.84. The summed E-state index contributed by atoms with van der Waals surface area (Å²) in [5.41, 5.74) is 0. The number of carboxylic acid groups (broad SMARTS) is 1. The lowest BCUT2D eigenvalue weighted by Crippen LogP contribution is -3.13. The zero-order valence-electron chi connectivity index (χ0n) is 7.87. The fourth-order valence-electron chi connectivity index (χ4n) is 0.881. The lowest BCUT2D eigenvalue weighted by molar-refractivity contribution is -0.904. The van der Waals surface area contributed by atoms with E-state index in [1.807, 2.05) is 20.9 Å². The Morgan fingerprint density at radius 1 is 1.50 bits per heavy atom. The van der Waals surface area contributed by atoms with Crippen LogP contribution in [0.5, 0.6) is 0 Å². The minimum Gasteiger partial charge on any atom is -0.481 e. The number of carboxylic acids is 1. The summed E-state index contributed by atoms with van der Waals surface area (Å²) in [5.74, 6) is -0.945. The first-order chi connectivity index (χ1) is 5.43. The molecule has 0 aromatic rings. The molecule has 12 heavy (non-hydrogen) atoms. The van der Waals surface area contributed by atoms with Gasteiger partial charge in [0.05, 0.1) is 19.5 Å². The molecule has 0 rings (SSSR count). The summed E-state index contributed by atoms with van der Waals surface area (Å²) in [6.45, 7) is 4.55. The molecule has 0 aliphatic rings. The third-order valence-electron chi connectivity index (χ3n) is 1.95. The van der Waals surface area contributed by atoms with E-state index in [1.165, 1.54) is 0 Å². The molecule has 2 atom stereocenters. The Kier molecular flexibility index (Phi) is 4.85. The second kappa shape index (κ2) is 5.11. The third-order valence-corrected chi connectivity index (χ3v) is 1.95. The van der Waals surface area contributed by atoms with Gasteiger partial charge in [-0.15, -0.1) is 0 Å². The van der Waals surface area contributed by atoms with E-state index in [2.05, 4.69) is 0 Å². The zero-order chi connectivity index (χ0) is 9.72. The van der Waals surface area contributed by atoms with Gasteiger partial charge in [0, 0.05) is 0 Å². The standard InChI is InChI=1S/C8H17NO3/c1-6(2)9(3)5-7(10)4-8(11)12/h6-7,10H,4-5H2,1-3H3,(H,11,12)/p+1. The van der Waals surface area contributed by atoms with Crippen molar-refractivity contribution in [3.8, 4) is 0 Å². The highest BCUT2D eigenvalue weighted by Crippen LogP contribution is 1.87. The summed E-state index contributed by atoms with van der Waals surface area (Å²) in [4.78, 5) is 11.3. The van der Waals surface area contributed by atoms with Crippen LogP contribution in [-0.2, 0) is 4.79 Å². The molecule has 4 nitrogen and oxygen atoms in total. The van der Waals surface area contributed by atoms with Crippen LogP contribution >= 0.6 is 0 Å². The largest absolute Gasteiger partial charge is 0.481 e. The molecule has 3 N–H and O–H groups in total. The second-order valence-electron chi connectivity index (χ2n) is 3.46. The van der Waals surface area contributed by atoms with Gasteiger partial charge in [0.1, 0.15) is 12.6 Å². The number of hydrogen-bond donors (Lipinski definition) is 3. The summed E-state index contributed by atoms with van der Waals surface area (Å²) >= 11 is 0. The van der Waals surface area contributed by atoms with Gasteiger partial charge in [0.25, 0.3) is 0 Å². The van der Waals surface area contributed by atoms with E-state index in [1.54, 1.807) is 0 Å².